The molecular formula is C34H62NO8P. The van der Waals surface area contributed by atoms with Gasteiger partial charge in [-0.15, -0.1) is 0 Å². The smallest absolute Gasteiger partial charge is 0.463 e. The van der Waals surface area contributed by atoms with Crippen LogP contribution in [0.25, 0.3) is 0 Å². The summed E-state index contributed by atoms with van der Waals surface area (Å²) in [7, 11) is -4.39. The fourth-order valence-corrected chi connectivity index (χ4v) is 4.94. The molecule has 0 saturated carbocycles. The van der Waals surface area contributed by atoms with Crippen LogP contribution in [0.3, 0.4) is 0 Å². The van der Waals surface area contributed by atoms with Crippen LogP contribution in [0.1, 0.15) is 136 Å². The molecule has 44 heavy (non-hydrogen) atoms. The number of carbonyl (C=O) groups is 2. The molecule has 0 spiro atoms. The van der Waals surface area contributed by atoms with Crippen molar-refractivity contribution in [1.82, 2.24) is 5.32 Å². The van der Waals surface area contributed by atoms with Crippen molar-refractivity contribution in [1.29, 1.82) is 0 Å². The molecule has 0 fully saturated rings. The van der Waals surface area contributed by atoms with Crippen molar-refractivity contribution in [2.75, 3.05) is 26.4 Å². The van der Waals surface area contributed by atoms with Gasteiger partial charge in [0.1, 0.15) is 12.7 Å². The van der Waals surface area contributed by atoms with Crippen LogP contribution in [0, 0.1) is 0 Å². The highest BCUT2D eigenvalue weighted by Crippen LogP contribution is 2.42. The lowest BCUT2D eigenvalue weighted by molar-refractivity contribution is -0.147. The van der Waals surface area contributed by atoms with Crippen LogP contribution in [0.2, 0.25) is 0 Å². The minimum atomic E-state index is -4.39. The van der Waals surface area contributed by atoms with Gasteiger partial charge >= 0.3 is 13.8 Å². The average molecular weight is 644 g/mol. The average Bonchev–Trinajstić information content (AvgIpc) is 3.00. The van der Waals surface area contributed by atoms with Gasteiger partial charge in [-0.05, 0) is 51.4 Å². The maximum absolute atomic E-state index is 12.0. The highest BCUT2D eigenvalue weighted by Gasteiger charge is 2.23. The first-order valence-electron chi connectivity index (χ1n) is 17.0. The molecule has 256 valence electrons. The van der Waals surface area contributed by atoms with Crippen LogP contribution in [0.15, 0.2) is 36.5 Å². The number of ether oxygens (including phenoxy) is 1. The monoisotopic (exact) mass is 643 g/mol. The maximum atomic E-state index is 12.0. The van der Waals surface area contributed by atoms with Gasteiger partial charge in [-0.25, -0.2) is 4.57 Å². The second-order valence-corrected chi connectivity index (χ2v) is 12.6. The SMILES string of the molecule is CCCCC/C=C\C/C=C\C/C=C\CCCCCCCCCCC(=O)NCCOP(=O)(O)OCC(O)COC(=O)CCCC. The van der Waals surface area contributed by atoms with Crippen molar-refractivity contribution in [2.24, 2.45) is 0 Å². The molecule has 0 saturated heterocycles. The Morgan fingerprint density at radius 1 is 0.705 bits per heavy atom. The van der Waals surface area contributed by atoms with E-state index in [0.29, 0.717) is 12.8 Å². The lowest BCUT2D eigenvalue weighted by atomic mass is 10.1. The number of nitrogens with one attached hydrogen (secondary N) is 1. The molecule has 2 atom stereocenters. The third-order valence-electron chi connectivity index (χ3n) is 6.82. The standard InChI is InChI=1S/C34H62NO8P/c1-3-5-7-8-9-10-11-12-13-14-15-16-17-18-19-20-21-22-23-24-25-26-33(37)35-28-29-42-44(39,40)43-31-32(36)30-41-34(38)27-6-4-2/h9-10,12-13,15-16,32,36H,3-8,11,14,17-31H2,1-2H3,(H,35,37)(H,39,40)/b10-9-,13-12-,16-15-. The van der Waals surface area contributed by atoms with Crippen LogP contribution in [0.4, 0.5) is 0 Å². The third kappa shape index (κ3) is 31.6. The molecule has 0 bridgehead atoms. The van der Waals surface area contributed by atoms with Gasteiger partial charge in [0.05, 0.1) is 13.2 Å². The van der Waals surface area contributed by atoms with E-state index < -0.39 is 26.5 Å². The molecule has 0 rings (SSSR count). The van der Waals surface area contributed by atoms with Gasteiger partial charge in [0.25, 0.3) is 0 Å². The van der Waals surface area contributed by atoms with Crippen LogP contribution >= 0.6 is 7.82 Å². The number of hydrogen-bond donors (Lipinski definition) is 3. The topological polar surface area (TPSA) is 131 Å². The molecule has 2 unspecified atom stereocenters. The first-order valence-corrected chi connectivity index (χ1v) is 18.5. The van der Waals surface area contributed by atoms with Gasteiger partial charge in [-0.1, -0.05) is 108 Å². The molecule has 0 aliphatic rings. The van der Waals surface area contributed by atoms with E-state index in [2.05, 4.69) is 48.7 Å². The lowest BCUT2D eigenvalue weighted by Crippen LogP contribution is -2.27. The number of unbranched alkanes of at least 4 members (excludes halogenated alkanes) is 12. The summed E-state index contributed by atoms with van der Waals surface area (Å²) in [5.41, 5.74) is 0. The third-order valence-corrected chi connectivity index (χ3v) is 7.81. The molecule has 0 aromatic rings. The Labute approximate surface area is 267 Å². The van der Waals surface area contributed by atoms with E-state index in [9.17, 15) is 24.2 Å². The number of esters is 1. The van der Waals surface area contributed by atoms with E-state index >= 15 is 0 Å². The molecular weight excluding hydrogens is 581 g/mol. The number of allylic oxidation sites excluding steroid dienone is 6. The predicted octanol–water partition coefficient (Wildman–Crippen LogP) is 8.26. The van der Waals surface area contributed by atoms with Crippen molar-refractivity contribution in [2.45, 2.75) is 142 Å². The van der Waals surface area contributed by atoms with Gasteiger partial charge < -0.3 is 20.1 Å². The maximum Gasteiger partial charge on any atom is 0.472 e. The summed E-state index contributed by atoms with van der Waals surface area (Å²) < 4.78 is 26.3. The Hall–Kier alpha value is -1.77. The molecule has 0 aliphatic heterocycles. The quantitative estimate of drug-likeness (QED) is 0.0298. The van der Waals surface area contributed by atoms with E-state index in [1.54, 1.807) is 0 Å². The number of aliphatic hydroxyl groups is 1. The molecule has 0 aromatic heterocycles. The minimum Gasteiger partial charge on any atom is -0.463 e. The highest BCUT2D eigenvalue weighted by molar-refractivity contribution is 7.47. The van der Waals surface area contributed by atoms with Gasteiger partial charge in [0.15, 0.2) is 0 Å². The van der Waals surface area contributed by atoms with Crippen LogP contribution in [0.5, 0.6) is 0 Å². The number of phosphoric acid groups is 1. The number of amides is 1. The van der Waals surface area contributed by atoms with E-state index in [1.807, 2.05) is 6.92 Å². The molecule has 0 aliphatic carbocycles. The van der Waals surface area contributed by atoms with Crippen molar-refractivity contribution in [3.05, 3.63) is 36.5 Å². The first kappa shape index (κ1) is 42.2. The van der Waals surface area contributed by atoms with Gasteiger partial charge in [-0.3, -0.25) is 18.6 Å². The minimum absolute atomic E-state index is 0.0765. The van der Waals surface area contributed by atoms with Crippen molar-refractivity contribution in [3.63, 3.8) is 0 Å². The number of phosphoric ester groups is 1. The number of aliphatic hydroxyl groups excluding tert-OH is 1. The van der Waals surface area contributed by atoms with Crippen LogP contribution in [-0.2, 0) is 27.9 Å². The first-order chi connectivity index (χ1) is 21.3. The second kappa shape index (κ2) is 31.2. The Morgan fingerprint density at radius 2 is 1.25 bits per heavy atom. The van der Waals surface area contributed by atoms with E-state index in [-0.39, 0.29) is 32.1 Å². The molecule has 3 N–H and O–H groups in total. The molecule has 0 heterocycles. The van der Waals surface area contributed by atoms with Crippen molar-refractivity contribution in [3.8, 4) is 0 Å². The summed E-state index contributed by atoms with van der Waals surface area (Å²) in [6, 6.07) is 0. The summed E-state index contributed by atoms with van der Waals surface area (Å²) in [5.74, 6) is -0.563. The molecule has 0 radical (unpaired) electrons. The number of carbonyl (C=O) groups excluding carboxylic acids is 2. The zero-order valence-corrected chi connectivity index (χ0v) is 28.5. The Kier molecular flexibility index (Phi) is 30.0. The molecule has 1 amide bonds. The van der Waals surface area contributed by atoms with E-state index in [4.69, 9.17) is 13.8 Å². The van der Waals surface area contributed by atoms with Crippen LogP contribution in [-0.4, -0.2) is 54.3 Å². The fraction of sp³-hybridized carbons (Fsp3) is 0.765. The number of rotatable bonds is 31. The van der Waals surface area contributed by atoms with Crippen LogP contribution < -0.4 is 5.32 Å². The Balaban J connectivity index is 3.56. The van der Waals surface area contributed by atoms with Crippen molar-refractivity contribution < 1.29 is 37.9 Å². The fourth-order valence-electron chi connectivity index (χ4n) is 4.19. The van der Waals surface area contributed by atoms with Gasteiger partial charge in [-0.2, -0.15) is 0 Å². The predicted molar refractivity (Wildman–Crippen MR) is 178 cm³/mol. The summed E-state index contributed by atoms with van der Waals surface area (Å²) in [4.78, 5) is 33.1. The highest BCUT2D eigenvalue weighted by atomic mass is 31.2. The zero-order valence-electron chi connectivity index (χ0n) is 27.6. The molecule has 10 heteroatoms. The summed E-state index contributed by atoms with van der Waals surface area (Å²) in [6.45, 7) is 3.21. The summed E-state index contributed by atoms with van der Waals surface area (Å²) in [6.07, 6.45) is 32.0. The van der Waals surface area contributed by atoms with Gasteiger partial charge in [0.2, 0.25) is 5.91 Å². The molecule has 0 aromatic carbocycles. The Morgan fingerprint density at radius 3 is 1.86 bits per heavy atom. The van der Waals surface area contributed by atoms with Gasteiger partial charge in [0, 0.05) is 19.4 Å². The number of hydrogen-bond acceptors (Lipinski definition) is 7. The Bertz CT molecular complexity index is 830. The molecule has 9 nitrogen and oxygen atoms in total. The summed E-state index contributed by atoms with van der Waals surface area (Å²) >= 11 is 0. The van der Waals surface area contributed by atoms with Crippen molar-refractivity contribution >= 4 is 19.7 Å². The van der Waals surface area contributed by atoms with E-state index in [0.717, 1.165) is 44.9 Å². The summed E-state index contributed by atoms with van der Waals surface area (Å²) in [5, 5.41) is 12.4. The largest absolute Gasteiger partial charge is 0.472 e. The zero-order chi connectivity index (χ0) is 32.6. The lowest BCUT2D eigenvalue weighted by Gasteiger charge is -2.15. The van der Waals surface area contributed by atoms with E-state index in [1.165, 1.54) is 57.8 Å². The second-order valence-electron chi connectivity index (χ2n) is 11.1. The normalized spacial score (nSPS) is 14.0.